The fourth-order valence-corrected chi connectivity index (χ4v) is 3.17. The highest BCUT2D eigenvalue weighted by molar-refractivity contribution is 5.64. The number of nitrogens with one attached hydrogen (secondary N) is 1. The second-order valence-electron chi connectivity index (χ2n) is 6.09. The van der Waals surface area contributed by atoms with Crippen LogP contribution >= 0.6 is 0 Å². The van der Waals surface area contributed by atoms with E-state index in [1.54, 1.807) is 6.08 Å². The zero-order valence-corrected chi connectivity index (χ0v) is 10.6. The summed E-state index contributed by atoms with van der Waals surface area (Å²) in [6, 6.07) is -0.0446. The molecule has 1 saturated carbocycles. The van der Waals surface area contributed by atoms with Gasteiger partial charge in [0.15, 0.2) is 0 Å². The van der Waals surface area contributed by atoms with Gasteiger partial charge in [-0.05, 0) is 30.1 Å². The van der Waals surface area contributed by atoms with Crippen LogP contribution in [0, 0.1) is 10.8 Å². The maximum atomic E-state index is 10.6. The number of hydrogen-bond donors (Lipinski definition) is 2. The lowest BCUT2D eigenvalue weighted by atomic mass is 9.63. The van der Waals surface area contributed by atoms with Crippen molar-refractivity contribution in [3.63, 3.8) is 0 Å². The molecule has 2 N–H and O–H groups in total. The van der Waals surface area contributed by atoms with Gasteiger partial charge >= 0.3 is 6.09 Å². The molecule has 0 aliphatic heterocycles. The molecule has 96 valence electrons. The lowest BCUT2D eigenvalue weighted by Crippen LogP contribution is -2.44. The first-order valence-corrected chi connectivity index (χ1v) is 5.80. The van der Waals surface area contributed by atoms with Gasteiger partial charge in [-0.25, -0.2) is 14.6 Å². The van der Waals surface area contributed by atoms with E-state index in [2.05, 4.69) is 24.2 Å². The van der Waals surface area contributed by atoms with Crippen LogP contribution in [-0.4, -0.2) is 29.9 Å². The number of isocyanates is 1. The fourth-order valence-electron chi connectivity index (χ4n) is 3.17. The van der Waals surface area contributed by atoms with E-state index in [1.165, 1.54) is 0 Å². The minimum Gasteiger partial charge on any atom is -0.465 e. The largest absolute Gasteiger partial charge is 0.465 e. The van der Waals surface area contributed by atoms with E-state index in [9.17, 15) is 9.59 Å². The van der Waals surface area contributed by atoms with Crippen molar-refractivity contribution in [2.45, 2.75) is 46.1 Å². The minimum absolute atomic E-state index is 0.0446. The number of aliphatic imine (C=N–C) groups is 1. The van der Waals surface area contributed by atoms with Gasteiger partial charge in [0.2, 0.25) is 6.08 Å². The Kier molecular flexibility index (Phi) is 3.94. The van der Waals surface area contributed by atoms with E-state index in [0.717, 1.165) is 19.3 Å². The summed E-state index contributed by atoms with van der Waals surface area (Å²) < 4.78 is 0. The van der Waals surface area contributed by atoms with Crippen LogP contribution in [0.4, 0.5) is 4.79 Å². The van der Waals surface area contributed by atoms with E-state index in [-0.39, 0.29) is 16.9 Å². The summed E-state index contributed by atoms with van der Waals surface area (Å²) in [6.45, 7) is 6.69. The van der Waals surface area contributed by atoms with E-state index in [0.29, 0.717) is 6.54 Å². The van der Waals surface area contributed by atoms with Gasteiger partial charge in [0.25, 0.3) is 0 Å². The molecule has 5 nitrogen and oxygen atoms in total. The molecule has 1 aliphatic rings. The van der Waals surface area contributed by atoms with Crippen LogP contribution in [0.25, 0.3) is 0 Å². The lowest BCUT2D eigenvalue weighted by molar-refractivity contribution is 0.0823. The first-order chi connectivity index (χ1) is 7.76. The second kappa shape index (κ2) is 4.88. The number of rotatable bonds is 3. The molecule has 1 amide bonds. The van der Waals surface area contributed by atoms with Crippen LogP contribution in [0.5, 0.6) is 0 Å². The second-order valence-corrected chi connectivity index (χ2v) is 6.09. The molecule has 0 spiro atoms. The van der Waals surface area contributed by atoms with Crippen molar-refractivity contribution in [1.82, 2.24) is 5.32 Å². The predicted octanol–water partition coefficient (Wildman–Crippen LogP) is 2.17. The van der Waals surface area contributed by atoms with Gasteiger partial charge in [-0.1, -0.05) is 20.8 Å². The summed E-state index contributed by atoms with van der Waals surface area (Å²) in [4.78, 5) is 24.7. The maximum absolute atomic E-state index is 10.6. The van der Waals surface area contributed by atoms with Crippen molar-refractivity contribution >= 4 is 12.2 Å². The molecule has 0 bridgehead atoms. The van der Waals surface area contributed by atoms with Crippen molar-refractivity contribution in [1.29, 1.82) is 0 Å². The van der Waals surface area contributed by atoms with E-state index in [4.69, 9.17) is 5.11 Å². The van der Waals surface area contributed by atoms with Crippen LogP contribution in [0.3, 0.4) is 0 Å². The molecular weight excluding hydrogens is 220 g/mol. The number of carbonyl (C=O) groups excluding carboxylic acids is 1. The Morgan fingerprint density at radius 1 is 1.47 bits per heavy atom. The third kappa shape index (κ3) is 4.19. The van der Waals surface area contributed by atoms with Gasteiger partial charge in [-0.3, -0.25) is 0 Å². The smallest absolute Gasteiger partial charge is 0.404 e. The molecule has 1 rings (SSSR count). The van der Waals surface area contributed by atoms with Gasteiger partial charge in [-0.15, -0.1) is 0 Å². The van der Waals surface area contributed by atoms with Crippen LogP contribution in [-0.2, 0) is 4.79 Å². The highest BCUT2D eigenvalue weighted by Gasteiger charge is 2.41. The highest BCUT2D eigenvalue weighted by atomic mass is 16.4. The third-order valence-electron chi connectivity index (χ3n) is 3.32. The average Bonchev–Trinajstić information content (AvgIpc) is 2.12. The van der Waals surface area contributed by atoms with Crippen LogP contribution < -0.4 is 5.32 Å². The Balaban J connectivity index is 2.76. The van der Waals surface area contributed by atoms with Gasteiger partial charge < -0.3 is 10.4 Å². The molecule has 5 heteroatoms. The first-order valence-electron chi connectivity index (χ1n) is 5.80. The quantitative estimate of drug-likeness (QED) is 0.586. The van der Waals surface area contributed by atoms with Crippen molar-refractivity contribution in [2.24, 2.45) is 15.8 Å². The molecule has 0 aromatic heterocycles. The third-order valence-corrected chi connectivity index (χ3v) is 3.32. The van der Waals surface area contributed by atoms with E-state index < -0.39 is 6.09 Å². The first kappa shape index (κ1) is 13.7. The number of carbonyl (C=O) groups is 1. The number of hydrogen-bond acceptors (Lipinski definition) is 3. The van der Waals surface area contributed by atoms with Crippen molar-refractivity contribution < 1.29 is 14.7 Å². The molecule has 2 atom stereocenters. The van der Waals surface area contributed by atoms with Crippen LogP contribution in [0.15, 0.2) is 4.99 Å². The summed E-state index contributed by atoms with van der Waals surface area (Å²) in [5.41, 5.74) is -0.0800. The van der Waals surface area contributed by atoms with Crippen LogP contribution in [0.1, 0.15) is 40.0 Å². The Labute approximate surface area is 101 Å². The molecule has 0 aromatic carbocycles. The average molecular weight is 240 g/mol. The van der Waals surface area contributed by atoms with Crippen molar-refractivity contribution in [3.05, 3.63) is 0 Å². The number of carboxylic acid groups (broad SMARTS) is 1. The summed E-state index contributed by atoms with van der Waals surface area (Å²) in [7, 11) is 0. The molecule has 0 unspecified atom stereocenters. The molecule has 1 aliphatic carbocycles. The molecular formula is C12H20N2O3. The molecule has 0 aromatic rings. The minimum atomic E-state index is -1.01. The SMILES string of the molecule is CC1(C)C[C@@H](N=C=O)C[C@@](C)(CNC(=O)O)C1. The van der Waals surface area contributed by atoms with Gasteiger partial charge in [0, 0.05) is 6.54 Å². The van der Waals surface area contributed by atoms with Gasteiger partial charge in [0.1, 0.15) is 0 Å². The summed E-state index contributed by atoms with van der Waals surface area (Å²) >= 11 is 0. The van der Waals surface area contributed by atoms with Gasteiger partial charge in [-0.2, -0.15) is 0 Å². The van der Waals surface area contributed by atoms with Crippen molar-refractivity contribution in [2.75, 3.05) is 6.54 Å². The molecule has 1 fully saturated rings. The van der Waals surface area contributed by atoms with E-state index in [1.807, 2.05) is 6.92 Å². The summed E-state index contributed by atoms with van der Waals surface area (Å²) in [6.07, 6.45) is 3.11. The Morgan fingerprint density at radius 2 is 2.12 bits per heavy atom. The highest BCUT2D eigenvalue weighted by Crippen LogP contribution is 2.46. The molecule has 17 heavy (non-hydrogen) atoms. The Morgan fingerprint density at radius 3 is 2.65 bits per heavy atom. The zero-order chi connectivity index (χ0) is 13.1. The monoisotopic (exact) mass is 240 g/mol. The fraction of sp³-hybridized carbons (Fsp3) is 0.833. The molecule has 0 saturated heterocycles. The summed E-state index contributed by atoms with van der Waals surface area (Å²) in [5, 5.41) is 11.1. The zero-order valence-electron chi connectivity index (χ0n) is 10.6. The Hall–Kier alpha value is -1.35. The summed E-state index contributed by atoms with van der Waals surface area (Å²) in [5.74, 6) is 0. The molecule has 0 radical (unpaired) electrons. The topological polar surface area (TPSA) is 78.8 Å². The van der Waals surface area contributed by atoms with Gasteiger partial charge in [0.05, 0.1) is 6.04 Å². The normalized spacial score (nSPS) is 31.4. The van der Waals surface area contributed by atoms with E-state index >= 15 is 0 Å². The van der Waals surface area contributed by atoms with Crippen molar-refractivity contribution in [3.8, 4) is 0 Å². The lowest BCUT2D eigenvalue weighted by Gasteiger charge is -2.45. The number of nitrogens with zero attached hydrogens (tertiary/aromatic N) is 1. The molecule has 0 heterocycles. The van der Waals surface area contributed by atoms with Crippen LogP contribution in [0.2, 0.25) is 0 Å². The predicted molar refractivity (Wildman–Crippen MR) is 63.7 cm³/mol. The standard InChI is InChI=1S/C12H20N2O3/c1-11(2)4-9(14-8-15)5-12(3,6-11)7-13-10(16)17/h9,13H,4-7H2,1-3H3,(H,16,17)/t9-,12-/m1/s1. The maximum Gasteiger partial charge on any atom is 0.404 e. The number of amides is 1. The Bertz CT molecular complexity index is 348.